The Morgan fingerprint density at radius 3 is 2.34 bits per heavy atom. The van der Waals surface area contributed by atoms with E-state index in [1.165, 1.54) is 11.9 Å². The van der Waals surface area contributed by atoms with Gasteiger partial charge in [-0.3, -0.25) is 0 Å². The molecule has 0 aliphatic carbocycles. The number of nitrogens with zero attached hydrogens (tertiary/aromatic N) is 3. The van der Waals surface area contributed by atoms with Crippen LogP contribution in [0.15, 0.2) is 79.1 Å². The minimum atomic E-state index is 0.621. The van der Waals surface area contributed by atoms with Crippen LogP contribution in [0.5, 0.6) is 0 Å². The van der Waals surface area contributed by atoms with Gasteiger partial charge >= 0.3 is 0 Å². The average Bonchev–Trinajstić information content (AvgIpc) is 2.67. The van der Waals surface area contributed by atoms with Crippen molar-refractivity contribution < 1.29 is 0 Å². The van der Waals surface area contributed by atoms with Crippen LogP contribution in [0.4, 0.5) is 5.69 Å². The molecule has 0 aliphatic rings. The first-order valence-corrected chi connectivity index (χ1v) is 11.2. The summed E-state index contributed by atoms with van der Waals surface area (Å²) in [6.45, 7) is 4.41. The van der Waals surface area contributed by atoms with Gasteiger partial charge in [0.1, 0.15) is 0 Å². The second kappa shape index (κ2) is 11.8. The molecule has 4 nitrogen and oxygen atoms in total. The van der Waals surface area contributed by atoms with Gasteiger partial charge < -0.3 is 10.6 Å². The lowest BCUT2D eigenvalue weighted by Gasteiger charge is -2.08. The summed E-state index contributed by atoms with van der Waals surface area (Å²) in [5.41, 5.74) is 9.94. The number of hydrogen-bond donors (Lipinski definition) is 1. The van der Waals surface area contributed by atoms with Crippen LogP contribution in [0, 0.1) is 5.92 Å². The predicted molar refractivity (Wildman–Crippen MR) is 131 cm³/mol. The second-order valence-electron chi connectivity index (χ2n) is 7.43. The lowest BCUT2D eigenvalue weighted by atomic mass is 10.0. The van der Waals surface area contributed by atoms with Crippen molar-refractivity contribution in [1.29, 1.82) is 0 Å². The van der Waals surface area contributed by atoms with Crippen molar-refractivity contribution in [3.05, 3.63) is 70.3 Å². The molecule has 29 heavy (non-hydrogen) atoms. The van der Waals surface area contributed by atoms with Gasteiger partial charge in [0.15, 0.2) is 0 Å². The lowest BCUT2D eigenvalue weighted by Crippen LogP contribution is -2.06. The second-order valence-corrected chi connectivity index (χ2v) is 9.21. The summed E-state index contributed by atoms with van der Waals surface area (Å²) in [6.07, 6.45) is 5.71. The largest absolute Gasteiger partial charge is 0.402 e. The van der Waals surface area contributed by atoms with Crippen molar-refractivity contribution in [2.45, 2.75) is 31.6 Å². The van der Waals surface area contributed by atoms with E-state index < -0.39 is 0 Å². The summed E-state index contributed by atoms with van der Waals surface area (Å²) < 4.78 is 5.35. The fourth-order valence-electron chi connectivity index (χ4n) is 2.40. The molecule has 2 aromatic rings. The first kappa shape index (κ1) is 23.2. The molecule has 0 saturated carbocycles. The Balaban J connectivity index is 2.26. The average molecular weight is 473 g/mol. The van der Waals surface area contributed by atoms with E-state index in [2.05, 4.69) is 46.3 Å². The van der Waals surface area contributed by atoms with Gasteiger partial charge in [0.2, 0.25) is 0 Å². The maximum atomic E-state index is 6.29. The molecular formula is C23H29BrN4S. The zero-order valence-electron chi connectivity index (χ0n) is 17.5. The third kappa shape index (κ3) is 8.88. The standard InChI is InChI=1S/C23H29BrN4S/c1-17(2)5-10-20(25)15-23(18-6-8-19(24)9-7-18)27-21-11-13-22(14-12-21)29-26-16-28(3)4/h6-9,11-17H,5,10,25H2,1-4H3/b20-15-,26-16+,27-23?. The van der Waals surface area contributed by atoms with Gasteiger partial charge in [0.05, 0.1) is 17.7 Å². The molecule has 2 rings (SSSR count). The van der Waals surface area contributed by atoms with E-state index >= 15 is 0 Å². The number of rotatable bonds is 9. The number of nitrogens with two attached hydrogens (primary N) is 1. The Kier molecular flexibility index (Phi) is 9.48. The van der Waals surface area contributed by atoms with Gasteiger partial charge in [0.25, 0.3) is 0 Å². The summed E-state index contributed by atoms with van der Waals surface area (Å²) in [5, 5.41) is 0. The van der Waals surface area contributed by atoms with Gasteiger partial charge in [-0.1, -0.05) is 41.9 Å². The third-order valence-corrected chi connectivity index (χ3v) is 5.21. The summed E-state index contributed by atoms with van der Waals surface area (Å²) in [5.74, 6) is 0.621. The van der Waals surface area contributed by atoms with Crippen LogP contribution in [-0.2, 0) is 0 Å². The summed E-state index contributed by atoms with van der Waals surface area (Å²) in [7, 11) is 3.90. The topological polar surface area (TPSA) is 54.0 Å². The van der Waals surface area contributed by atoms with E-state index in [1.807, 2.05) is 61.5 Å². The van der Waals surface area contributed by atoms with Gasteiger partial charge in [-0.25, -0.2) is 9.39 Å². The molecule has 2 N–H and O–H groups in total. The Bertz CT molecular complexity index is 853. The minimum absolute atomic E-state index is 0.621. The zero-order valence-corrected chi connectivity index (χ0v) is 19.9. The van der Waals surface area contributed by atoms with E-state index in [-0.39, 0.29) is 0 Å². The van der Waals surface area contributed by atoms with Crippen LogP contribution < -0.4 is 5.73 Å². The maximum Gasteiger partial charge on any atom is 0.0988 e. The van der Waals surface area contributed by atoms with E-state index in [0.29, 0.717) is 5.92 Å². The van der Waals surface area contributed by atoms with Crippen molar-refractivity contribution in [2.75, 3.05) is 14.1 Å². The smallest absolute Gasteiger partial charge is 0.0988 e. The molecule has 2 aromatic carbocycles. The summed E-state index contributed by atoms with van der Waals surface area (Å²) in [6, 6.07) is 16.2. The van der Waals surface area contributed by atoms with Gasteiger partial charge in [-0.2, -0.15) is 0 Å². The Labute approximate surface area is 187 Å². The molecule has 0 spiro atoms. The monoisotopic (exact) mass is 472 g/mol. The van der Waals surface area contributed by atoms with Crippen LogP contribution in [0.2, 0.25) is 0 Å². The quantitative estimate of drug-likeness (QED) is 0.259. The van der Waals surface area contributed by atoms with E-state index in [9.17, 15) is 0 Å². The molecule has 0 unspecified atom stereocenters. The molecule has 154 valence electrons. The molecular weight excluding hydrogens is 444 g/mol. The Morgan fingerprint density at radius 2 is 1.76 bits per heavy atom. The van der Waals surface area contributed by atoms with E-state index in [4.69, 9.17) is 10.7 Å². The molecule has 0 aliphatic heterocycles. The predicted octanol–water partition coefficient (Wildman–Crippen LogP) is 6.45. The highest BCUT2D eigenvalue weighted by Crippen LogP contribution is 2.24. The van der Waals surface area contributed by atoms with Crippen molar-refractivity contribution in [3.8, 4) is 0 Å². The molecule has 0 atom stereocenters. The van der Waals surface area contributed by atoms with Crippen LogP contribution >= 0.6 is 27.9 Å². The number of benzene rings is 2. The summed E-state index contributed by atoms with van der Waals surface area (Å²) in [4.78, 5) is 7.84. The minimum Gasteiger partial charge on any atom is -0.402 e. The number of hydrogen-bond acceptors (Lipinski definition) is 4. The highest BCUT2D eigenvalue weighted by Gasteiger charge is 2.05. The molecule has 0 fully saturated rings. The van der Waals surface area contributed by atoms with Crippen molar-refractivity contribution in [1.82, 2.24) is 4.90 Å². The van der Waals surface area contributed by atoms with Crippen molar-refractivity contribution >= 4 is 45.6 Å². The van der Waals surface area contributed by atoms with Crippen LogP contribution in [0.25, 0.3) is 0 Å². The molecule has 0 heterocycles. The molecule has 6 heteroatoms. The zero-order chi connectivity index (χ0) is 21.2. The van der Waals surface area contributed by atoms with Gasteiger partial charge in [-0.15, -0.1) is 0 Å². The van der Waals surface area contributed by atoms with Gasteiger partial charge in [0, 0.05) is 46.7 Å². The Hall–Kier alpha value is -2.05. The fraction of sp³-hybridized carbons (Fsp3) is 0.304. The summed E-state index contributed by atoms with van der Waals surface area (Å²) >= 11 is 4.93. The lowest BCUT2D eigenvalue weighted by molar-refractivity contribution is 0.583. The normalized spacial score (nSPS) is 12.8. The number of halogens is 1. The molecule has 0 radical (unpaired) electrons. The Morgan fingerprint density at radius 1 is 1.10 bits per heavy atom. The first-order valence-electron chi connectivity index (χ1n) is 9.61. The van der Waals surface area contributed by atoms with Crippen molar-refractivity contribution in [3.63, 3.8) is 0 Å². The third-order valence-electron chi connectivity index (χ3n) is 3.99. The molecule has 0 saturated heterocycles. The highest BCUT2D eigenvalue weighted by atomic mass is 79.9. The fourth-order valence-corrected chi connectivity index (χ4v) is 3.28. The van der Waals surface area contributed by atoms with Crippen LogP contribution in [0.1, 0.15) is 32.3 Å². The highest BCUT2D eigenvalue weighted by molar-refractivity contribution is 9.10. The first-order chi connectivity index (χ1) is 13.8. The maximum absolute atomic E-state index is 6.29. The van der Waals surface area contributed by atoms with Gasteiger partial charge in [-0.05, 0) is 61.2 Å². The van der Waals surface area contributed by atoms with Crippen LogP contribution in [-0.4, -0.2) is 31.0 Å². The van der Waals surface area contributed by atoms with E-state index in [0.717, 1.165) is 44.9 Å². The number of allylic oxidation sites excluding steroid dienone is 2. The van der Waals surface area contributed by atoms with Crippen LogP contribution in [0.3, 0.4) is 0 Å². The SMILES string of the molecule is CC(C)CC/C(N)=C/C(=Nc1ccc(S/N=C/N(C)C)cc1)c1ccc(Br)cc1. The number of aliphatic imine (C=N–C) groups is 1. The molecule has 0 amide bonds. The molecule has 0 aromatic heterocycles. The van der Waals surface area contributed by atoms with Crippen molar-refractivity contribution in [2.24, 2.45) is 21.0 Å². The van der Waals surface area contributed by atoms with E-state index in [1.54, 1.807) is 6.34 Å². The molecule has 0 bridgehead atoms.